The third-order valence-electron chi connectivity index (χ3n) is 3.30. The highest BCUT2D eigenvalue weighted by Crippen LogP contribution is 2.15. The van der Waals surface area contributed by atoms with Crippen molar-refractivity contribution in [3.63, 3.8) is 0 Å². The molecule has 1 saturated carbocycles. The minimum Gasteiger partial charge on any atom is -0.497 e. The standard InChI is InChI=1S/C15H19N3O3/c1-21-13-9-7-11(8-10-13)16-14(19)15(20)18-17-12-5-3-2-4-6-12/h7-10H,2-6H2,1H3,(H,16,19)(H,18,20). The molecule has 0 aliphatic heterocycles. The normalized spacial score (nSPS) is 14.2. The average Bonchev–Trinajstić information content (AvgIpc) is 2.54. The molecular formula is C15H19N3O3. The number of rotatable bonds is 3. The number of benzene rings is 1. The van der Waals surface area contributed by atoms with Crippen LogP contribution < -0.4 is 15.5 Å². The Morgan fingerprint density at radius 3 is 2.33 bits per heavy atom. The summed E-state index contributed by atoms with van der Waals surface area (Å²) in [6.45, 7) is 0. The maximum absolute atomic E-state index is 11.7. The van der Waals surface area contributed by atoms with E-state index in [-0.39, 0.29) is 0 Å². The minimum absolute atomic E-state index is 0.529. The quantitative estimate of drug-likeness (QED) is 0.660. The van der Waals surface area contributed by atoms with E-state index >= 15 is 0 Å². The fourth-order valence-electron chi connectivity index (χ4n) is 2.11. The molecule has 6 nitrogen and oxygen atoms in total. The molecule has 21 heavy (non-hydrogen) atoms. The topological polar surface area (TPSA) is 79.8 Å². The van der Waals surface area contributed by atoms with Crippen LogP contribution in [0.2, 0.25) is 0 Å². The van der Waals surface area contributed by atoms with E-state index in [4.69, 9.17) is 4.74 Å². The monoisotopic (exact) mass is 289 g/mol. The Morgan fingerprint density at radius 2 is 1.71 bits per heavy atom. The van der Waals surface area contributed by atoms with Gasteiger partial charge in [-0.2, -0.15) is 5.10 Å². The van der Waals surface area contributed by atoms with Crippen molar-refractivity contribution < 1.29 is 14.3 Å². The zero-order chi connectivity index (χ0) is 15.1. The SMILES string of the molecule is COc1ccc(NC(=O)C(=O)NN=C2CCCCC2)cc1. The lowest BCUT2D eigenvalue weighted by Gasteiger charge is -2.12. The van der Waals surface area contributed by atoms with E-state index in [9.17, 15) is 9.59 Å². The number of ether oxygens (including phenoxy) is 1. The highest BCUT2D eigenvalue weighted by molar-refractivity contribution is 6.39. The predicted molar refractivity (Wildman–Crippen MR) is 80.3 cm³/mol. The Labute approximate surface area is 123 Å². The number of hydrazone groups is 1. The number of carbonyl (C=O) groups excluding carboxylic acids is 2. The van der Waals surface area contributed by atoms with Crippen LogP contribution in [0, 0.1) is 0 Å². The number of carbonyl (C=O) groups is 2. The molecule has 1 aliphatic carbocycles. The molecule has 0 saturated heterocycles. The van der Waals surface area contributed by atoms with Crippen molar-refractivity contribution >= 4 is 23.2 Å². The maximum atomic E-state index is 11.7. The molecule has 0 spiro atoms. The average molecular weight is 289 g/mol. The third-order valence-corrected chi connectivity index (χ3v) is 3.30. The van der Waals surface area contributed by atoms with E-state index in [1.165, 1.54) is 6.42 Å². The summed E-state index contributed by atoms with van der Waals surface area (Å²) in [5.74, 6) is -0.814. The second kappa shape index (κ2) is 7.42. The fourth-order valence-corrected chi connectivity index (χ4v) is 2.11. The molecule has 0 unspecified atom stereocenters. The highest BCUT2D eigenvalue weighted by atomic mass is 16.5. The van der Waals surface area contributed by atoms with Crippen LogP contribution in [0.3, 0.4) is 0 Å². The summed E-state index contributed by atoms with van der Waals surface area (Å²) in [5, 5.41) is 6.51. The molecule has 1 aromatic carbocycles. The van der Waals surface area contributed by atoms with Crippen LogP contribution in [0.25, 0.3) is 0 Å². The molecule has 1 aliphatic rings. The molecule has 0 bridgehead atoms. The van der Waals surface area contributed by atoms with Gasteiger partial charge < -0.3 is 10.1 Å². The fraction of sp³-hybridized carbons (Fsp3) is 0.400. The molecule has 1 fully saturated rings. The van der Waals surface area contributed by atoms with Crippen LogP contribution in [0.5, 0.6) is 5.75 Å². The second-order valence-corrected chi connectivity index (χ2v) is 4.86. The van der Waals surface area contributed by atoms with E-state index < -0.39 is 11.8 Å². The Balaban J connectivity index is 1.85. The number of nitrogens with zero attached hydrogens (tertiary/aromatic N) is 1. The lowest BCUT2D eigenvalue weighted by atomic mass is 9.99. The molecule has 0 radical (unpaired) electrons. The van der Waals surface area contributed by atoms with Gasteiger partial charge in [0.1, 0.15) is 5.75 Å². The van der Waals surface area contributed by atoms with Crippen molar-refractivity contribution in [2.75, 3.05) is 12.4 Å². The first-order chi connectivity index (χ1) is 10.2. The van der Waals surface area contributed by atoms with Gasteiger partial charge in [0.05, 0.1) is 7.11 Å². The second-order valence-electron chi connectivity index (χ2n) is 4.86. The summed E-state index contributed by atoms with van der Waals surface area (Å²) in [5.41, 5.74) is 3.79. The summed E-state index contributed by atoms with van der Waals surface area (Å²) in [7, 11) is 1.56. The van der Waals surface area contributed by atoms with Gasteiger partial charge in [-0.3, -0.25) is 9.59 Å². The first-order valence-corrected chi connectivity index (χ1v) is 7.00. The number of hydrogen-bond donors (Lipinski definition) is 2. The predicted octanol–water partition coefficient (Wildman–Crippen LogP) is 2.07. The lowest BCUT2D eigenvalue weighted by molar-refractivity contribution is -0.136. The molecule has 0 heterocycles. The molecular weight excluding hydrogens is 270 g/mol. The van der Waals surface area contributed by atoms with E-state index in [1.54, 1.807) is 31.4 Å². The van der Waals surface area contributed by atoms with Crippen molar-refractivity contribution in [2.45, 2.75) is 32.1 Å². The van der Waals surface area contributed by atoms with Crippen molar-refractivity contribution in [3.8, 4) is 5.75 Å². The highest BCUT2D eigenvalue weighted by Gasteiger charge is 2.14. The largest absolute Gasteiger partial charge is 0.497 e. The van der Waals surface area contributed by atoms with Crippen LogP contribution in [0.15, 0.2) is 29.4 Å². The number of nitrogens with one attached hydrogen (secondary N) is 2. The lowest BCUT2D eigenvalue weighted by Crippen LogP contribution is -2.33. The smallest absolute Gasteiger partial charge is 0.329 e. The van der Waals surface area contributed by atoms with Gasteiger partial charge in [-0.1, -0.05) is 6.42 Å². The van der Waals surface area contributed by atoms with Crippen LogP contribution in [-0.4, -0.2) is 24.6 Å². The Morgan fingerprint density at radius 1 is 1.05 bits per heavy atom. The van der Waals surface area contributed by atoms with Gasteiger partial charge in [-0.25, -0.2) is 5.43 Å². The summed E-state index contributed by atoms with van der Waals surface area (Å²) >= 11 is 0. The van der Waals surface area contributed by atoms with Gasteiger partial charge in [0.25, 0.3) is 0 Å². The molecule has 2 amide bonds. The minimum atomic E-state index is -0.760. The van der Waals surface area contributed by atoms with Crippen LogP contribution in [0.1, 0.15) is 32.1 Å². The van der Waals surface area contributed by atoms with Crippen molar-refractivity contribution in [2.24, 2.45) is 5.10 Å². The number of methoxy groups -OCH3 is 1. The van der Waals surface area contributed by atoms with Crippen LogP contribution in [-0.2, 0) is 9.59 Å². The molecule has 6 heteroatoms. The van der Waals surface area contributed by atoms with Crippen LogP contribution in [0.4, 0.5) is 5.69 Å². The summed E-state index contributed by atoms with van der Waals surface area (Å²) in [4.78, 5) is 23.4. The van der Waals surface area contributed by atoms with E-state index in [0.29, 0.717) is 11.4 Å². The first kappa shape index (κ1) is 15.0. The zero-order valence-electron chi connectivity index (χ0n) is 12.0. The van der Waals surface area contributed by atoms with E-state index in [1.807, 2.05) is 0 Å². The Hall–Kier alpha value is -2.37. The van der Waals surface area contributed by atoms with Gasteiger partial charge in [0.2, 0.25) is 0 Å². The number of anilines is 1. The molecule has 0 aromatic heterocycles. The Bertz CT molecular complexity index is 530. The van der Waals surface area contributed by atoms with Gasteiger partial charge >= 0.3 is 11.8 Å². The molecule has 2 N–H and O–H groups in total. The molecule has 2 rings (SSSR count). The maximum Gasteiger partial charge on any atom is 0.329 e. The van der Waals surface area contributed by atoms with Gasteiger partial charge in [0.15, 0.2) is 0 Å². The van der Waals surface area contributed by atoms with Crippen molar-refractivity contribution in [1.82, 2.24) is 5.43 Å². The van der Waals surface area contributed by atoms with E-state index in [2.05, 4.69) is 15.8 Å². The van der Waals surface area contributed by atoms with Gasteiger partial charge in [0, 0.05) is 11.4 Å². The summed E-state index contributed by atoms with van der Waals surface area (Å²) in [6.07, 6.45) is 5.16. The summed E-state index contributed by atoms with van der Waals surface area (Å²) < 4.78 is 5.02. The van der Waals surface area contributed by atoms with Crippen molar-refractivity contribution in [3.05, 3.63) is 24.3 Å². The number of hydrogen-bond acceptors (Lipinski definition) is 4. The van der Waals surface area contributed by atoms with Gasteiger partial charge in [-0.15, -0.1) is 0 Å². The Kier molecular flexibility index (Phi) is 5.31. The van der Waals surface area contributed by atoms with Gasteiger partial charge in [-0.05, 0) is 49.9 Å². The van der Waals surface area contributed by atoms with Crippen LogP contribution >= 0.6 is 0 Å². The zero-order valence-corrected chi connectivity index (χ0v) is 12.0. The van der Waals surface area contributed by atoms with Crippen molar-refractivity contribution in [1.29, 1.82) is 0 Å². The molecule has 0 atom stereocenters. The first-order valence-electron chi connectivity index (χ1n) is 7.00. The van der Waals surface area contributed by atoms with E-state index in [0.717, 1.165) is 31.4 Å². The third kappa shape index (κ3) is 4.59. The molecule has 1 aromatic rings. The molecule has 112 valence electrons. The summed E-state index contributed by atoms with van der Waals surface area (Å²) in [6, 6.07) is 6.74. The number of amides is 2.